The number of aromatic nitrogens is 2. The van der Waals surface area contributed by atoms with Crippen LogP contribution in [0.3, 0.4) is 0 Å². The number of aryl methyl sites for hydroxylation is 1. The lowest BCUT2D eigenvalue weighted by Gasteiger charge is -2.13. The van der Waals surface area contributed by atoms with E-state index in [0.29, 0.717) is 24.3 Å². The molecule has 0 aliphatic heterocycles. The zero-order valence-corrected chi connectivity index (χ0v) is 10.1. The van der Waals surface area contributed by atoms with E-state index >= 15 is 0 Å². The fourth-order valence-electron chi connectivity index (χ4n) is 1.36. The van der Waals surface area contributed by atoms with Crippen LogP contribution in [0.1, 0.15) is 45.3 Å². The Balaban J connectivity index is 2.19. The van der Waals surface area contributed by atoms with Crippen LogP contribution in [-0.4, -0.2) is 16.2 Å². The van der Waals surface area contributed by atoms with Gasteiger partial charge in [0.05, 0.1) is 6.54 Å². The van der Waals surface area contributed by atoms with Crippen molar-refractivity contribution in [3.8, 4) is 0 Å². The maximum Gasteiger partial charge on any atom is 0.240 e. The average molecular weight is 211 g/mol. The molecule has 0 saturated heterocycles. The lowest BCUT2D eigenvalue weighted by atomic mass is 10.0. The molecule has 0 aromatic carbocycles. The number of nitrogens with zero attached hydrogens (tertiary/aromatic N) is 2. The normalized spacial score (nSPS) is 13.4. The van der Waals surface area contributed by atoms with Gasteiger partial charge in [0, 0.05) is 6.04 Å². The summed E-state index contributed by atoms with van der Waals surface area (Å²) in [5.74, 6) is 2.13. The van der Waals surface area contributed by atoms with Crippen molar-refractivity contribution in [3.05, 3.63) is 11.7 Å². The Bertz CT molecular complexity index is 283. The van der Waals surface area contributed by atoms with Crippen LogP contribution in [-0.2, 0) is 6.54 Å². The smallest absolute Gasteiger partial charge is 0.240 e. The van der Waals surface area contributed by atoms with E-state index in [4.69, 9.17) is 4.52 Å². The molecule has 86 valence electrons. The van der Waals surface area contributed by atoms with Crippen LogP contribution in [0.2, 0.25) is 0 Å². The molecule has 0 aliphatic rings. The average Bonchev–Trinajstić information content (AvgIpc) is 2.58. The van der Waals surface area contributed by atoms with Crippen LogP contribution in [0.15, 0.2) is 4.52 Å². The van der Waals surface area contributed by atoms with E-state index < -0.39 is 0 Å². The van der Waals surface area contributed by atoms with E-state index in [1.165, 1.54) is 12.8 Å². The molecule has 1 aromatic heterocycles. The van der Waals surface area contributed by atoms with Gasteiger partial charge in [-0.25, -0.2) is 0 Å². The Hall–Kier alpha value is -0.900. The van der Waals surface area contributed by atoms with Gasteiger partial charge in [-0.05, 0) is 32.6 Å². The molecule has 1 atom stereocenters. The van der Waals surface area contributed by atoms with Gasteiger partial charge in [-0.2, -0.15) is 4.98 Å². The van der Waals surface area contributed by atoms with E-state index in [-0.39, 0.29) is 0 Å². The summed E-state index contributed by atoms with van der Waals surface area (Å²) in [5, 5.41) is 7.11. The van der Waals surface area contributed by atoms with Gasteiger partial charge >= 0.3 is 0 Å². The predicted octanol–water partition coefficient (Wildman–Crippen LogP) is 2.29. The zero-order valence-electron chi connectivity index (χ0n) is 10.1. The van der Waals surface area contributed by atoms with Crippen molar-refractivity contribution in [2.75, 3.05) is 0 Å². The Morgan fingerprint density at radius 2 is 2.00 bits per heavy atom. The maximum absolute atomic E-state index is 5.02. The van der Waals surface area contributed by atoms with Gasteiger partial charge in [-0.1, -0.05) is 19.0 Å². The van der Waals surface area contributed by atoms with Crippen LogP contribution in [0.4, 0.5) is 0 Å². The van der Waals surface area contributed by atoms with E-state index in [1.54, 1.807) is 0 Å². The Morgan fingerprint density at radius 3 is 2.53 bits per heavy atom. The topological polar surface area (TPSA) is 51.0 Å². The van der Waals surface area contributed by atoms with Crippen molar-refractivity contribution in [2.45, 2.75) is 53.1 Å². The molecule has 4 nitrogen and oxygen atoms in total. The van der Waals surface area contributed by atoms with Gasteiger partial charge in [-0.3, -0.25) is 0 Å². The third-order valence-corrected chi connectivity index (χ3v) is 2.35. The summed E-state index contributed by atoms with van der Waals surface area (Å²) in [5.41, 5.74) is 0. The maximum atomic E-state index is 5.02. The van der Waals surface area contributed by atoms with Gasteiger partial charge in [-0.15, -0.1) is 0 Å². The van der Waals surface area contributed by atoms with E-state index in [9.17, 15) is 0 Å². The van der Waals surface area contributed by atoms with Gasteiger partial charge in [0.2, 0.25) is 5.89 Å². The minimum absolute atomic E-state index is 0.500. The fourth-order valence-corrected chi connectivity index (χ4v) is 1.36. The van der Waals surface area contributed by atoms with Crippen molar-refractivity contribution in [3.63, 3.8) is 0 Å². The summed E-state index contributed by atoms with van der Waals surface area (Å²) in [6.07, 6.45) is 2.43. The van der Waals surface area contributed by atoms with Gasteiger partial charge in [0.15, 0.2) is 5.82 Å². The molecule has 0 radical (unpaired) electrons. The van der Waals surface area contributed by atoms with Crippen LogP contribution >= 0.6 is 0 Å². The van der Waals surface area contributed by atoms with Gasteiger partial charge < -0.3 is 9.84 Å². The quantitative estimate of drug-likeness (QED) is 0.784. The predicted molar refractivity (Wildman–Crippen MR) is 59.4 cm³/mol. The molecule has 0 saturated carbocycles. The molecule has 4 heteroatoms. The van der Waals surface area contributed by atoms with E-state index in [1.807, 2.05) is 6.92 Å². The SMILES string of the molecule is Cc1noc(CNC(C)CCC(C)C)n1. The van der Waals surface area contributed by atoms with Crippen molar-refractivity contribution in [2.24, 2.45) is 5.92 Å². The zero-order chi connectivity index (χ0) is 11.3. The molecule has 1 heterocycles. The fraction of sp³-hybridized carbons (Fsp3) is 0.818. The summed E-state index contributed by atoms with van der Waals surface area (Å²) in [4.78, 5) is 4.14. The van der Waals surface area contributed by atoms with Crippen molar-refractivity contribution < 1.29 is 4.52 Å². The summed E-state index contributed by atoms with van der Waals surface area (Å²) in [6.45, 7) is 9.17. The van der Waals surface area contributed by atoms with Gasteiger partial charge in [0.25, 0.3) is 0 Å². The molecule has 0 amide bonds. The first kappa shape index (κ1) is 12.2. The Morgan fingerprint density at radius 1 is 1.27 bits per heavy atom. The number of hydrogen-bond acceptors (Lipinski definition) is 4. The van der Waals surface area contributed by atoms with E-state index in [2.05, 4.69) is 36.2 Å². The molecule has 1 aromatic rings. The van der Waals surface area contributed by atoms with Crippen molar-refractivity contribution in [1.82, 2.24) is 15.5 Å². The molecule has 0 aliphatic carbocycles. The first-order valence-corrected chi connectivity index (χ1v) is 5.60. The largest absolute Gasteiger partial charge is 0.338 e. The summed E-state index contributed by atoms with van der Waals surface area (Å²) >= 11 is 0. The molecular weight excluding hydrogens is 190 g/mol. The monoisotopic (exact) mass is 211 g/mol. The first-order valence-electron chi connectivity index (χ1n) is 5.60. The molecule has 15 heavy (non-hydrogen) atoms. The number of nitrogens with one attached hydrogen (secondary N) is 1. The minimum Gasteiger partial charge on any atom is -0.338 e. The second kappa shape index (κ2) is 5.85. The van der Waals surface area contributed by atoms with Crippen molar-refractivity contribution >= 4 is 0 Å². The molecule has 1 N–H and O–H groups in total. The number of hydrogen-bond donors (Lipinski definition) is 1. The minimum atomic E-state index is 0.500. The molecular formula is C11H21N3O. The summed E-state index contributed by atoms with van der Waals surface area (Å²) in [7, 11) is 0. The van der Waals surface area contributed by atoms with E-state index in [0.717, 1.165) is 5.92 Å². The molecule has 0 bridgehead atoms. The summed E-state index contributed by atoms with van der Waals surface area (Å²) in [6, 6.07) is 0.500. The highest BCUT2D eigenvalue weighted by atomic mass is 16.5. The Labute approximate surface area is 91.5 Å². The van der Waals surface area contributed by atoms with Crippen LogP contribution < -0.4 is 5.32 Å². The second-order valence-electron chi connectivity index (χ2n) is 4.49. The third kappa shape index (κ3) is 4.93. The highest BCUT2D eigenvalue weighted by Gasteiger charge is 2.06. The molecule has 0 fully saturated rings. The molecule has 0 spiro atoms. The highest BCUT2D eigenvalue weighted by molar-refractivity contribution is 4.82. The van der Waals surface area contributed by atoms with Crippen LogP contribution in [0, 0.1) is 12.8 Å². The number of rotatable bonds is 6. The standard InChI is InChI=1S/C11H21N3O/c1-8(2)5-6-9(3)12-7-11-13-10(4)14-15-11/h8-9,12H,5-7H2,1-4H3. The molecule has 1 rings (SSSR count). The van der Waals surface area contributed by atoms with Crippen LogP contribution in [0.25, 0.3) is 0 Å². The molecule has 1 unspecified atom stereocenters. The van der Waals surface area contributed by atoms with Gasteiger partial charge in [0.1, 0.15) is 0 Å². The lowest BCUT2D eigenvalue weighted by Crippen LogP contribution is -2.25. The third-order valence-electron chi connectivity index (χ3n) is 2.35. The first-order chi connectivity index (χ1) is 7.08. The lowest BCUT2D eigenvalue weighted by molar-refractivity contribution is 0.350. The van der Waals surface area contributed by atoms with Crippen LogP contribution in [0.5, 0.6) is 0 Å². The highest BCUT2D eigenvalue weighted by Crippen LogP contribution is 2.06. The second-order valence-corrected chi connectivity index (χ2v) is 4.49. The summed E-state index contributed by atoms with van der Waals surface area (Å²) < 4.78 is 5.02. The van der Waals surface area contributed by atoms with Crippen molar-refractivity contribution in [1.29, 1.82) is 0 Å². The Kier molecular flexibility index (Phi) is 4.75.